The largest absolute Gasteiger partial charge is 0.504 e. The summed E-state index contributed by atoms with van der Waals surface area (Å²) in [6, 6.07) is 4.63. The van der Waals surface area contributed by atoms with Crippen LogP contribution in [0.25, 0.3) is 11.0 Å². The topological polar surface area (TPSA) is 89.1 Å². The molecular weight excluding hydrogens is 300 g/mol. The van der Waals surface area contributed by atoms with Crippen molar-refractivity contribution in [1.29, 1.82) is 0 Å². The predicted octanol–water partition coefficient (Wildman–Crippen LogP) is 2.95. The van der Waals surface area contributed by atoms with Gasteiger partial charge in [0.2, 0.25) is 0 Å². The Morgan fingerprint density at radius 3 is 2.91 bits per heavy atom. The maximum Gasteiger partial charge on any atom is 0.383 e. The maximum absolute atomic E-state index is 11.9. The van der Waals surface area contributed by atoms with E-state index in [2.05, 4.69) is 6.92 Å². The Labute approximate surface area is 133 Å². The lowest BCUT2D eigenvalue weighted by atomic mass is 10.2. The number of rotatable bonds is 8. The Morgan fingerprint density at radius 1 is 1.35 bits per heavy atom. The summed E-state index contributed by atoms with van der Waals surface area (Å²) in [5.74, 6) is -0.115. The van der Waals surface area contributed by atoms with Crippen LogP contribution in [0, 0.1) is 0 Å². The van der Waals surface area contributed by atoms with Crippen molar-refractivity contribution in [1.82, 2.24) is 0 Å². The van der Waals surface area contributed by atoms with E-state index in [1.807, 2.05) is 0 Å². The third-order valence-electron chi connectivity index (χ3n) is 3.18. The minimum Gasteiger partial charge on any atom is -0.504 e. The van der Waals surface area contributed by atoms with Crippen LogP contribution >= 0.6 is 0 Å². The molecule has 0 fully saturated rings. The number of hydrogen-bond acceptors (Lipinski definition) is 6. The van der Waals surface area contributed by atoms with Gasteiger partial charge in [-0.3, -0.25) is 0 Å². The van der Waals surface area contributed by atoms with Crippen LogP contribution in [0.15, 0.2) is 39.7 Å². The molecule has 1 heterocycles. The molecule has 2 aromatic rings. The lowest BCUT2D eigenvalue weighted by Crippen LogP contribution is -2.04. The summed E-state index contributed by atoms with van der Waals surface area (Å²) in [6.45, 7) is 2.09. The molecule has 0 aliphatic rings. The number of aliphatic hydroxyl groups excluding tert-OH is 1. The summed E-state index contributed by atoms with van der Waals surface area (Å²) in [6.07, 6.45) is 6.07. The van der Waals surface area contributed by atoms with Crippen molar-refractivity contribution in [3.63, 3.8) is 0 Å². The van der Waals surface area contributed by atoms with Crippen molar-refractivity contribution in [2.75, 3.05) is 13.2 Å². The van der Waals surface area contributed by atoms with Gasteiger partial charge in [-0.2, -0.15) is 0 Å². The molecule has 0 atom stereocenters. The van der Waals surface area contributed by atoms with Gasteiger partial charge in [-0.15, -0.1) is 0 Å². The predicted molar refractivity (Wildman–Crippen MR) is 86.0 cm³/mol. The van der Waals surface area contributed by atoms with Crippen molar-refractivity contribution < 1.29 is 24.1 Å². The lowest BCUT2D eigenvalue weighted by Gasteiger charge is -2.08. The zero-order valence-corrected chi connectivity index (χ0v) is 12.9. The molecule has 0 aliphatic carbocycles. The molecule has 0 saturated carbocycles. The molecule has 6 heteroatoms. The van der Waals surface area contributed by atoms with E-state index in [9.17, 15) is 9.90 Å². The maximum atomic E-state index is 11.9. The number of benzene rings is 1. The summed E-state index contributed by atoms with van der Waals surface area (Å²) in [4.78, 5) is 11.9. The van der Waals surface area contributed by atoms with Crippen molar-refractivity contribution >= 4 is 11.0 Å². The van der Waals surface area contributed by atoms with Crippen LogP contribution in [-0.4, -0.2) is 23.4 Å². The normalized spacial score (nSPS) is 11.2. The molecule has 1 aromatic heterocycles. The third kappa shape index (κ3) is 4.26. The second-order valence-electron chi connectivity index (χ2n) is 4.93. The second kappa shape index (κ2) is 8.24. The highest BCUT2D eigenvalue weighted by molar-refractivity contribution is 5.86. The van der Waals surface area contributed by atoms with Gasteiger partial charge in [0.25, 0.3) is 5.75 Å². The standard InChI is InChI=1S/C17H20O6/c1-2-3-4-5-9-22-16-15(19)13-11-12(21-10-8-18)6-7-14(13)23-17(16)20/h5-7,9,11,18-19H,2-4,8,10H2,1H3/b9-5+. The van der Waals surface area contributed by atoms with Gasteiger partial charge >= 0.3 is 5.63 Å². The van der Waals surface area contributed by atoms with Crippen LogP contribution in [0.4, 0.5) is 0 Å². The fraction of sp³-hybridized carbons (Fsp3) is 0.353. The molecule has 0 spiro atoms. The Bertz CT molecular complexity index is 732. The Hall–Kier alpha value is -2.47. The number of aliphatic hydroxyl groups is 1. The molecule has 124 valence electrons. The summed E-state index contributed by atoms with van der Waals surface area (Å²) in [5, 5.41) is 19.3. The summed E-state index contributed by atoms with van der Waals surface area (Å²) >= 11 is 0. The van der Waals surface area contributed by atoms with E-state index in [1.54, 1.807) is 12.1 Å². The SMILES string of the molecule is CCCC/C=C/Oc1c(O)c2cc(OCCO)ccc2oc1=O. The van der Waals surface area contributed by atoms with Crippen LogP contribution < -0.4 is 15.1 Å². The van der Waals surface area contributed by atoms with E-state index in [-0.39, 0.29) is 30.3 Å². The molecule has 2 rings (SSSR count). The first-order chi connectivity index (χ1) is 11.2. The highest BCUT2D eigenvalue weighted by atomic mass is 16.5. The Kier molecular flexibility index (Phi) is 6.05. The van der Waals surface area contributed by atoms with Crippen molar-refractivity contribution in [2.24, 2.45) is 0 Å². The summed E-state index contributed by atoms with van der Waals surface area (Å²) in [5.41, 5.74) is -0.523. The first-order valence-electron chi connectivity index (χ1n) is 7.52. The van der Waals surface area contributed by atoms with Crippen molar-refractivity contribution in [3.8, 4) is 17.2 Å². The molecule has 0 bridgehead atoms. The van der Waals surface area contributed by atoms with Gasteiger partial charge in [0.1, 0.15) is 17.9 Å². The minimum absolute atomic E-state index is 0.120. The van der Waals surface area contributed by atoms with E-state index in [0.29, 0.717) is 11.1 Å². The number of unbranched alkanes of at least 4 members (excludes halogenated alkanes) is 2. The van der Waals surface area contributed by atoms with Crippen molar-refractivity contribution in [3.05, 3.63) is 41.0 Å². The zero-order valence-electron chi connectivity index (χ0n) is 12.9. The van der Waals surface area contributed by atoms with Crippen molar-refractivity contribution in [2.45, 2.75) is 26.2 Å². The number of hydrogen-bond donors (Lipinski definition) is 2. The molecule has 0 amide bonds. The van der Waals surface area contributed by atoms with E-state index < -0.39 is 5.63 Å². The van der Waals surface area contributed by atoms with Gasteiger partial charge in [0.15, 0.2) is 5.75 Å². The molecule has 0 unspecified atom stereocenters. The lowest BCUT2D eigenvalue weighted by molar-refractivity contribution is 0.201. The quantitative estimate of drug-likeness (QED) is 0.441. The molecule has 0 saturated heterocycles. The molecule has 23 heavy (non-hydrogen) atoms. The van der Waals surface area contributed by atoms with Gasteiger partial charge in [0, 0.05) is 0 Å². The average molecular weight is 320 g/mol. The van der Waals surface area contributed by atoms with Gasteiger partial charge < -0.3 is 24.1 Å². The smallest absolute Gasteiger partial charge is 0.383 e. The summed E-state index contributed by atoms with van der Waals surface area (Å²) in [7, 11) is 0. The average Bonchev–Trinajstić information content (AvgIpc) is 2.55. The molecule has 6 nitrogen and oxygen atoms in total. The molecule has 0 radical (unpaired) electrons. The molecular formula is C17H20O6. The highest BCUT2D eigenvalue weighted by Gasteiger charge is 2.15. The van der Waals surface area contributed by atoms with Gasteiger partial charge in [0.05, 0.1) is 18.3 Å². The van der Waals surface area contributed by atoms with E-state index >= 15 is 0 Å². The molecule has 1 aromatic carbocycles. The Balaban J connectivity index is 2.29. The Morgan fingerprint density at radius 2 is 2.17 bits per heavy atom. The van der Waals surface area contributed by atoms with Crippen LogP contribution in [0.2, 0.25) is 0 Å². The van der Waals surface area contributed by atoms with Gasteiger partial charge in [-0.25, -0.2) is 4.79 Å². The molecule has 0 aliphatic heterocycles. The van der Waals surface area contributed by atoms with Crippen LogP contribution in [-0.2, 0) is 0 Å². The van der Waals surface area contributed by atoms with Gasteiger partial charge in [-0.1, -0.05) is 13.3 Å². The third-order valence-corrected chi connectivity index (χ3v) is 3.18. The van der Waals surface area contributed by atoms with Crippen LogP contribution in [0.5, 0.6) is 17.2 Å². The van der Waals surface area contributed by atoms with E-state index in [4.69, 9.17) is 19.0 Å². The fourth-order valence-corrected chi connectivity index (χ4v) is 2.01. The van der Waals surface area contributed by atoms with Gasteiger partial charge in [-0.05, 0) is 37.1 Å². The first-order valence-corrected chi connectivity index (χ1v) is 7.52. The zero-order chi connectivity index (χ0) is 16.7. The number of aromatic hydroxyl groups is 1. The number of fused-ring (bicyclic) bond motifs is 1. The fourth-order valence-electron chi connectivity index (χ4n) is 2.01. The second-order valence-corrected chi connectivity index (χ2v) is 4.93. The van der Waals surface area contributed by atoms with Crippen LogP contribution in [0.1, 0.15) is 26.2 Å². The summed E-state index contributed by atoms with van der Waals surface area (Å²) < 4.78 is 15.6. The monoisotopic (exact) mass is 320 g/mol. The van der Waals surface area contributed by atoms with E-state index in [1.165, 1.54) is 18.4 Å². The first kappa shape index (κ1) is 16.9. The highest BCUT2D eigenvalue weighted by Crippen LogP contribution is 2.33. The number of ether oxygens (including phenoxy) is 2. The van der Waals surface area contributed by atoms with Crippen LogP contribution in [0.3, 0.4) is 0 Å². The van der Waals surface area contributed by atoms with E-state index in [0.717, 1.165) is 19.3 Å². The molecule has 2 N–H and O–H groups in total. The minimum atomic E-state index is -0.751. The number of allylic oxidation sites excluding steroid dienone is 1.